The van der Waals surface area contributed by atoms with Crippen molar-refractivity contribution < 1.29 is 26.2 Å². The second-order valence-corrected chi connectivity index (χ2v) is 21.3. The number of pyridine rings is 1. The van der Waals surface area contributed by atoms with Crippen LogP contribution in [0.1, 0.15) is 114 Å². The second kappa shape index (κ2) is 19.2. The summed E-state index contributed by atoms with van der Waals surface area (Å²) in [5.74, 6) is 1.32. The van der Waals surface area contributed by atoms with Crippen LogP contribution < -0.4 is 0 Å². The van der Waals surface area contributed by atoms with E-state index in [1.54, 1.807) is 0 Å². The van der Waals surface area contributed by atoms with Gasteiger partial charge in [-0.1, -0.05) is 189 Å². The summed E-state index contributed by atoms with van der Waals surface area (Å²) in [5, 5.41) is 12.3. The van der Waals surface area contributed by atoms with Gasteiger partial charge >= 0.3 is 0 Å². The number of hydrogen-bond donors (Lipinski definition) is 1. The van der Waals surface area contributed by atoms with E-state index in [0.717, 1.165) is 78.0 Å². The Labute approximate surface area is 424 Å². The SMILES string of the molecule is Cc1ccc(-c2ccnc(-c3[c-]c(-c4cccc5c4nc(-c4cc(C(C)C)cc(C(C)C)c4O)n5-c4ccc(-c5c(-c6ccccc6)cccc5C(C)(C)C)cc4C)cc(C(C)(C)C)c3)c2)cc1.[Pt]. The third-order valence-electron chi connectivity index (χ3n) is 13.5. The van der Waals surface area contributed by atoms with Crippen LogP contribution in [0.15, 0.2) is 152 Å². The molecule has 352 valence electrons. The second-order valence-electron chi connectivity index (χ2n) is 21.3. The molecule has 0 aliphatic heterocycles. The molecule has 0 fully saturated rings. The molecule has 2 heterocycles. The largest absolute Gasteiger partial charge is 0.507 e. The fraction of sp³-hybridized carbons (Fsp3) is 0.250. The number of aromatic hydroxyl groups is 1. The molecule has 0 spiro atoms. The number of benzene rings is 7. The molecule has 0 bridgehead atoms. The van der Waals surface area contributed by atoms with Crippen LogP contribution in [0.5, 0.6) is 5.75 Å². The third-order valence-corrected chi connectivity index (χ3v) is 13.5. The van der Waals surface area contributed by atoms with Crippen molar-refractivity contribution in [2.75, 3.05) is 0 Å². The van der Waals surface area contributed by atoms with E-state index in [9.17, 15) is 5.11 Å². The van der Waals surface area contributed by atoms with E-state index >= 15 is 0 Å². The van der Waals surface area contributed by atoms with Gasteiger partial charge in [0.1, 0.15) is 11.6 Å². The molecule has 9 rings (SSSR count). The van der Waals surface area contributed by atoms with Crippen molar-refractivity contribution in [1.29, 1.82) is 0 Å². The summed E-state index contributed by atoms with van der Waals surface area (Å²) < 4.78 is 2.27. The van der Waals surface area contributed by atoms with E-state index in [0.29, 0.717) is 5.82 Å². The Kier molecular flexibility index (Phi) is 13.7. The van der Waals surface area contributed by atoms with Crippen LogP contribution >= 0.6 is 0 Å². The molecule has 0 unspecified atom stereocenters. The number of rotatable bonds is 9. The van der Waals surface area contributed by atoms with Gasteiger partial charge in [-0.25, -0.2) is 4.98 Å². The molecule has 1 N–H and O–H groups in total. The zero-order valence-electron chi connectivity index (χ0n) is 42.2. The number of hydrogen-bond acceptors (Lipinski definition) is 3. The maximum atomic E-state index is 12.3. The number of imidazole rings is 1. The Hall–Kier alpha value is -6.35. The van der Waals surface area contributed by atoms with Crippen LogP contribution in [0.4, 0.5) is 0 Å². The van der Waals surface area contributed by atoms with Crippen molar-refractivity contribution >= 4 is 11.0 Å². The monoisotopic (exact) mass is 1090 g/mol. The summed E-state index contributed by atoms with van der Waals surface area (Å²) in [4.78, 5) is 10.6. The van der Waals surface area contributed by atoms with Gasteiger partial charge in [0.15, 0.2) is 0 Å². The number of para-hydroxylation sites is 1. The molecule has 7 aromatic carbocycles. The van der Waals surface area contributed by atoms with E-state index in [2.05, 4.69) is 239 Å². The predicted molar refractivity (Wildman–Crippen MR) is 287 cm³/mol. The molecule has 0 aliphatic carbocycles. The smallest absolute Gasteiger partial charge is 0.148 e. The maximum Gasteiger partial charge on any atom is 0.148 e. The molecule has 9 aromatic rings. The summed E-state index contributed by atoms with van der Waals surface area (Å²) in [6.07, 6.45) is 1.90. The number of aromatic nitrogens is 3. The molecule has 2 aromatic heterocycles. The van der Waals surface area contributed by atoms with Gasteiger partial charge < -0.3 is 5.11 Å². The van der Waals surface area contributed by atoms with E-state index in [4.69, 9.17) is 9.97 Å². The molecule has 0 saturated heterocycles. The van der Waals surface area contributed by atoms with E-state index in [-0.39, 0.29) is 49.5 Å². The molecule has 5 heteroatoms. The van der Waals surface area contributed by atoms with E-state index in [1.165, 1.54) is 33.4 Å². The Morgan fingerprint density at radius 2 is 1.26 bits per heavy atom. The fourth-order valence-corrected chi connectivity index (χ4v) is 9.56. The first-order valence-electron chi connectivity index (χ1n) is 24.2. The minimum atomic E-state index is -0.160. The standard InChI is InChI=1S/C64H64N3O.Pt/c1-39(2)47-36-53(40(3)4)61(68)54(37-47)62-66-60-52(48-33-49(35-50(34-48)63(7,8)9)56-38-45(30-31-65-56)43-26-24-41(5)25-27-43)21-17-23-58(60)67(62)57-29-28-46(32-42(57)6)59-51(44-18-14-13-15-19-44)20-16-22-55(59)64(10,11)12;/h13-32,34-40,68H,1-12H3;/q-1;. The first-order chi connectivity index (χ1) is 32.4. The van der Waals surface area contributed by atoms with Crippen LogP contribution in [0.3, 0.4) is 0 Å². The summed E-state index contributed by atoms with van der Waals surface area (Å²) in [7, 11) is 0. The summed E-state index contributed by atoms with van der Waals surface area (Å²) in [5.41, 5.74) is 20.9. The van der Waals surface area contributed by atoms with Gasteiger partial charge in [-0.05, 0) is 122 Å². The number of fused-ring (bicyclic) bond motifs is 1. The molecular formula is C64H64N3OPt-. The van der Waals surface area contributed by atoms with Gasteiger partial charge in [0, 0.05) is 33.0 Å². The van der Waals surface area contributed by atoms with Crippen molar-refractivity contribution in [3.05, 3.63) is 191 Å². The van der Waals surface area contributed by atoms with Gasteiger partial charge in [0.05, 0.1) is 22.3 Å². The number of aryl methyl sites for hydroxylation is 2. The fourth-order valence-electron chi connectivity index (χ4n) is 9.56. The molecule has 0 atom stereocenters. The zero-order valence-corrected chi connectivity index (χ0v) is 44.5. The Bertz CT molecular complexity index is 3330. The van der Waals surface area contributed by atoms with Gasteiger partial charge in [-0.3, -0.25) is 9.55 Å². The normalized spacial score (nSPS) is 12.0. The molecule has 69 heavy (non-hydrogen) atoms. The van der Waals surface area contributed by atoms with Gasteiger partial charge in [-0.2, -0.15) is 0 Å². The average Bonchev–Trinajstić information content (AvgIpc) is 3.70. The van der Waals surface area contributed by atoms with Crippen LogP contribution in [0.25, 0.3) is 83.9 Å². The van der Waals surface area contributed by atoms with Crippen LogP contribution in [-0.4, -0.2) is 19.6 Å². The van der Waals surface area contributed by atoms with Crippen molar-refractivity contribution in [1.82, 2.24) is 14.5 Å². The Morgan fingerprint density at radius 1 is 0.580 bits per heavy atom. The zero-order chi connectivity index (χ0) is 48.2. The molecule has 0 radical (unpaired) electrons. The average molecular weight is 1090 g/mol. The molecule has 0 amide bonds. The summed E-state index contributed by atoms with van der Waals surface area (Å²) in [6, 6.07) is 56.3. The number of phenols is 1. The quantitative estimate of drug-likeness (QED) is 0.147. The minimum absolute atomic E-state index is 0. The van der Waals surface area contributed by atoms with Crippen molar-refractivity contribution in [2.45, 2.75) is 106 Å². The van der Waals surface area contributed by atoms with E-state index < -0.39 is 0 Å². The maximum absolute atomic E-state index is 12.3. The van der Waals surface area contributed by atoms with Crippen molar-refractivity contribution in [3.63, 3.8) is 0 Å². The molecule has 0 aliphatic rings. The van der Waals surface area contributed by atoms with Crippen molar-refractivity contribution in [2.24, 2.45) is 0 Å². The van der Waals surface area contributed by atoms with Gasteiger partial charge in [0.25, 0.3) is 0 Å². The Balaban J connectivity index is 0.00000642. The Morgan fingerprint density at radius 3 is 1.93 bits per heavy atom. The third kappa shape index (κ3) is 9.66. The molecule has 4 nitrogen and oxygen atoms in total. The summed E-state index contributed by atoms with van der Waals surface area (Å²) in [6.45, 7) is 26.7. The number of nitrogens with zero attached hydrogens (tertiary/aromatic N) is 3. The van der Waals surface area contributed by atoms with Crippen LogP contribution in [0, 0.1) is 19.9 Å². The molecular weight excluding hydrogens is 1020 g/mol. The molecule has 0 saturated carbocycles. The first kappa shape index (κ1) is 49.1. The topological polar surface area (TPSA) is 50.9 Å². The van der Waals surface area contributed by atoms with Crippen molar-refractivity contribution in [3.8, 4) is 78.6 Å². The van der Waals surface area contributed by atoms with Gasteiger partial charge in [-0.15, -0.1) is 29.3 Å². The number of phenolic OH excluding ortho intramolecular Hbond substituents is 1. The van der Waals surface area contributed by atoms with Crippen LogP contribution in [0.2, 0.25) is 0 Å². The minimum Gasteiger partial charge on any atom is -0.507 e. The summed E-state index contributed by atoms with van der Waals surface area (Å²) >= 11 is 0. The van der Waals surface area contributed by atoms with E-state index in [1.807, 2.05) is 6.20 Å². The van der Waals surface area contributed by atoms with Crippen LogP contribution in [-0.2, 0) is 31.9 Å². The van der Waals surface area contributed by atoms with Gasteiger partial charge in [0.2, 0.25) is 0 Å². The predicted octanol–water partition coefficient (Wildman–Crippen LogP) is 17.4. The first-order valence-corrected chi connectivity index (χ1v) is 24.2.